The molecule has 412 valence electrons. The summed E-state index contributed by atoms with van der Waals surface area (Å²) < 4.78 is 38.9. The third-order valence-electron chi connectivity index (χ3n) is 13.8. The van der Waals surface area contributed by atoms with E-state index in [-0.39, 0.29) is 36.9 Å². The largest absolute Gasteiger partial charge is 1.00 e. The maximum Gasteiger partial charge on any atom is 0.370 e. The third kappa shape index (κ3) is 12.9. The van der Waals surface area contributed by atoms with E-state index < -0.39 is 28.0 Å². The van der Waals surface area contributed by atoms with Crippen LogP contribution in [0.3, 0.4) is 0 Å². The number of carboxylic acid groups (broad SMARTS) is 3. The lowest BCUT2D eigenvalue weighted by molar-refractivity contribution is -0.427. The molecule has 8 aromatic carbocycles. The Hall–Kier alpha value is -9.80. The zero-order chi connectivity index (χ0) is 57.2. The van der Waals surface area contributed by atoms with E-state index in [0.717, 1.165) is 61.6 Å². The van der Waals surface area contributed by atoms with Crippen molar-refractivity contribution in [2.75, 3.05) is 18.4 Å². The molecule has 0 spiro atoms. The number of allylic oxidation sites excluding steroid dienone is 9. The number of para-hydroxylation sites is 2. The van der Waals surface area contributed by atoms with Crippen LogP contribution in [0.25, 0.3) is 49.3 Å². The first-order chi connectivity index (χ1) is 39.1. The van der Waals surface area contributed by atoms with Crippen LogP contribution in [0.15, 0.2) is 217 Å². The molecule has 0 amide bonds. The lowest BCUT2D eigenvalue weighted by atomic mass is 9.99. The molecule has 16 heteroatoms. The number of nitrogens with zero attached hydrogens (tertiary/aromatic N) is 3. The number of benzene rings is 8. The molecule has 11 rings (SSSR count). The molecule has 0 atom stereocenters. The highest BCUT2D eigenvalue weighted by Crippen LogP contribution is 2.38. The lowest BCUT2D eigenvalue weighted by Crippen LogP contribution is -3.00. The molecule has 2 aliphatic rings. The van der Waals surface area contributed by atoms with Crippen molar-refractivity contribution in [3.63, 3.8) is 0 Å². The summed E-state index contributed by atoms with van der Waals surface area (Å²) in [5, 5.41) is 38.0. The molecular formula is C66H58ClN5O9S+2. The van der Waals surface area contributed by atoms with Crippen LogP contribution in [0.1, 0.15) is 29.2 Å². The van der Waals surface area contributed by atoms with Gasteiger partial charge in [-0.25, -0.2) is 14.6 Å². The summed E-state index contributed by atoms with van der Waals surface area (Å²) in [6.45, 7) is 5.60. The Morgan fingerprint density at radius 1 is 0.561 bits per heavy atom. The number of carbonyl (C=O) groups is 3. The van der Waals surface area contributed by atoms with Gasteiger partial charge >= 0.3 is 17.9 Å². The van der Waals surface area contributed by atoms with Gasteiger partial charge in [0.05, 0.1) is 27.4 Å². The number of carboxylic acids is 3. The van der Waals surface area contributed by atoms with E-state index in [1.807, 2.05) is 170 Å². The predicted molar refractivity (Wildman–Crippen MR) is 322 cm³/mol. The number of rotatable bonds is 16. The van der Waals surface area contributed by atoms with Crippen LogP contribution < -0.4 is 28.1 Å². The van der Waals surface area contributed by atoms with Gasteiger partial charge in [-0.05, 0) is 84.3 Å². The fraction of sp³-hybridized carbons (Fsp3) is 0.0909. The number of aromatic nitrogens is 1. The van der Waals surface area contributed by atoms with Crippen LogP contribution in [0.2, 0.25) is 0 Å². The zero-order valence-corrected chi connectivity index (χ0v) is 46.5. The van der Waals surface area contributed by atoms with E-state index in [4.69, 9.17) is 5.11 Å². The summed E-state index contributed by atoms with van der Waals surface area (Å²) in [6.07, 6.45) is 22.3. The van der Waals surface area contributed by atoms with Crippen molar-refractivity contribution in [1.82, 2.24) is 4.57 Å². The van der Waals surface area contributed by atoms with Gasteiger partial charge in [-0.2, -0.15) is 17.6 Å². The molecule has 0 fully saturated rings. The second-order valence-electron chi connectivity index (χ2n) is 19.1. The minimum absolute atomic E-state index is 0. The van der Waals surface area contributed by atoms with Gasteiger partial charge in [0.15, 0.2) is 11.9 Å². The van der Waals surface area contributed by atoms with Crippen LogP contribution in [0.4, 0.5) is 22.7 Å². The molecule has 0 saturated heterocycles. The molecule has 3 heterocycles. The van der Waals surface area contributed by atoms with E-state index in [9.17, 15) is 37.6 Å². The summed E-state index contributed by atoms with van der Waals surface area (Å²) in [4.78, 5) is 37.3. The smallest absolute Gasteiger partial charge is 0.370 e. The number of anilines is 1. The molecule has 82 heavy (non-hydrogen) atoms. The molecular weight excluding hydrogens is 1070 g/mol. The minimum atomic E-state index is -4.48. The van der Waals surface area contributed by atoms with E-state index in [1.165, 1.54) is 28.5 Å². The van der Waals surface area contributed by atoms with Gasteiger partial charge in [0.25, 0.3) is 10.1 Å². The van der Waals surface area contributed by atoms with Crippen molar-refractivity contribution in [2.45, 2.75) is 32.2 Å². The van der Waals surface area contributed by atoms with E-state index in [1.54, 1.807) is 51.6 Å². The minimum Gasteiger partial charge on any atom is -1.00 e. The third-order valence-corrected chi connectivity index (χ3v) is 14.7. The van der Waals surface area contributed by atoms with E-state index >= 15 is 0 Å². The summed E-state index contributed by atoms with van der Waals surface area (Å²) in [5.41, 5.74) is 10.8. The highest BCUT2D eigenvalue weighted by atomic mass is 35.5. The van der Waals surface area contributed by atoms with Crippen LogP contribution in [-0.2, 0) is 31.0 Å². The monoisotopic (exact) mass is 1130 g/mol. The zero-order valence-electron chi connectivity index (χ0n) is 44.9. The topological polar surface area (TPSA) is 203 Å². The molecule has 1 aromatic heterocycles. The standard InChI is InChI=1S/C34H26N2O7S.C17H16N2.C15H13NO2.ClH/c1-21-15-16-28-33-22(21)9-7-10-23(33)26(35(28)19-31(37)38)13-5-3-2-4-6-14-27-24-11-8-12-25-30(44(41,42)43)18-17-29(34(24)25)36(27)20-32(39)40;1-4-10-16(11-5-1)18-14-8-3-9-15-19-17-12-6-2-7-13-17;1-9-6-7-13-15-11(9)4-3-5-12(15)10(2)16(13)8-14(17)18;/h2-18H,19-20H2,1H3,(H2-,37,38,39,40,41,42,43);1-15,18H;3-7H,8H2,1-2H3;1H/p+2/b;9-3+,14-8+,19-15?;;. The molecule has 0 radical (unpaired) electrons. The van der Waals surface area contributed by atoms with Gasteiger partial charge in [0.2, 0.25) is 35.9 Å². The number of hydrogen-bond donors (Lipinski definition) is 6. The predicted octanol–water partition coefficient (Wildman–Crippen LogP) is 7.34. The number of aliphatic carboxylic acids is 3. The second kappa shape index (κ2) is 26.0. The Kier molecular flexibility index (Phi) is 18.5. The van der Waals surface area contributed by atoms with Crippen molar-refractivity contribution in [2.24, 2.45) is 0 Å². The molecule has 9 aromatic rings. The fourth-order valence-corrected chi connectivity index (χ4v) is 11.0. The number of aryl methyl sites for hydroxylation is 2. The van der Waals surface area contributed by atoms with E-state index in [0.29, 0.717) is 27.0 Å². The van der Waals surface area contributed by atoms with Crippen molar-refractivity contribution in [3.05, 3.63) is 240 Å². The Morgan fingerprint density at radius 3 is 1.78 bits per heavy atom. The number of hydrogen-bond acceptors (Lipinski definition) is 6. The van der Waals surface area contributed by atoms with Gasteiger partial charge in [0, 0.05) is 76.7 Å². The van der Waals surface area contributed by atoms with Crippen LogP contribution in [0.5, 0.6) is 0 Å². The van der Waals surface area contributed by atoms with Crippen molar-refractivity contribution < 1.29 is 69.2 Å². The van der Waals surface area contributed by atoms with Crippen LogP contribution in [-0.4, -0.2) is 90.6 Å². The molecule has 6 N–H and O–H groups in total. The summed E-state index contributed by atoms with van der Waals surface area (Å²) >= 11 is 0. The van der Waals surface area contributed by atoms with Gasteiger partial charge in [-0.3, -0.25) is 9.35 Å². The second-order valence-corrected chi connectivity index (χ2v) is 20.5. The number of halogens is 1. The highest BCUT2D eigenvalue weighted by Gasteiger charge is 2.33. The Labute approximate surface area is 479 Å². The first-order valence-electron chi connectivity index (χ1n) is 25.9. The summed E-state index contributed by atoms with van der Waals surface area (Å²) in [6, 6.07) is 48.1. The first-order valence-corrected chi connectivity index (χ1v) is 27.3. The SMILES string of the molecule is C(/C=C/C=C/Nc1ccccc1)=[NH+]c1ccccc1.CC1=[N+](CC(=O)O)c2ccc(C)c3cccc1c23.Cc1ccc2c3c(cccc13)C(/C=C/C=C/C=C/C=c1\c3cccc4c(S(=O)(=O)O)ccc(c43)n1CC(=O)O)=[N+]2CC(=O)O.[Cl-]. The number of nitrogens with one attached hydrogen (secondary N) is 2. The molecule has 0 bridgehead atoms. The molecule has 0 saturated carbocycles. The van der Waals surface area contributed by atoms with Gasteiger partial charge in [-0.1, -0.05) is 127 Å². The van der Waals surface area contributed by atoms with Crippen LogP contribution >= 0.6 is 0 Å². The molecule has 14 nitrogen and oxygen atoms in total. The maximum atomic E-state index is 12.0. The van der Waals surface area contributed by atoms with Crippen molar-refractivity contribution in [3.8, 4) is 0 Å². The maximum absolute atomic E-state index is 12.0. The molecule has 0 unspecified atom stereocenters. The Bertz CT molecular complexity index is 4390. The van der Waals surface area contributed by atoms with Crippen molar-refractivity contribution in [1.29, 1.82) is 0 Å². The lowest BCUT2D eigenvalue weighted by Gasteiger charge is -2.06. The first kappa shape index (κ1) is 58.4. The molecule has 2 aliphatic heterocycles. The summed E-state index contributed by atoms with van der Waals surface area (Å²) in [7, 11) is -4.48. The van der Waals surface area contributed by atoms with E-state index in [2.05, 4.69) is 35.4 Å². The van der Waals surface area contributed by atoms with Crippen LogP contribution in [0, 0.1) is 13.8 Å². The fourth-order valence-electron chi connectivity index (χ4n) is 10.3. The van der Waals surface area contributed by atoms with Gasteiger partial charge in [-0.15, -0.1) is 0 Å². The molecule has 0 aliphatic carbocycles. The normalized spacial score (nSPS) is 13.2. The average molecular weight is 1130 g/mol. The highest BCUT2D eigenvalue weighted by molar-refractivity contribution is 7.86. The van der Waals surface area contributed by atoms with Gasteiger partial charge in [0.1, 0.15) is 11.4 Å². The average Bonchev–Trinajstić information content (AvgIpc) is 4.05. The Morgan fingerprint density at radius 2 is 1.12 bits per heavy atom. The quantitative estimate of drug-likeness (QED) is 0.0246. The van der Waals surface area contributed by atoms with Crippen molar-refractivity contribution >= 4 is 118 Å². The Balaban J connectivity index is 0.000000190. The van der Waals surface area contributed by atoms with Gasteiger partial charge < -0.3 is 37.6 Å². The summed E-state index contributed by atoms with van der Waals surface area (Å²) in [5.74, 6) is -2.80.